The van der Waals surface area contributed by atoms with Gasteiger partial charge in [-0.2, -0.15) is 0 Å². The van der Waals surface area contributed by atoms with Crippen molar-refractivity contribution in [3.63, 3.8) is 0 Å². The van der Waals surface area contributed by atoms with Crippen LogP contribution in [0.5, 0.6) is 0 Å². The quantitative estimate of drug-likeness (QED) is 0.823. The van der Waals surface area contributed by atoms with E-state index in [1.54, 1.807) is 0 Å². The Morgan fingerprint density at radius 2 is 2.17 bits per heavy atom. The van der Waals surface area contributed by atoms with Gasteiger partial charge in [0.05, 0.1) is 6.04 Å². The van der Waals surface area contributed by atoms with Gasteiger partial charge in [-0.05, 0) is 25.5 Å². The second kappa shape index (κ2) is 6.03. The van der Waals surface area contributed by atoms with Crippen molar-refractivity contribution >= 4 is 0 Å². The molecule has 0 radical (unpaired) electrons. The van der Waals surface area contributed by atoms with Crippen LogP contribution >= 0.6 is 0 Å². The number of likely N-dealkylation sites (N-methyl/N-ethyl adjacent to an activating group) is 1. The minimum atomic E-state index is 0.285. The van der Waals surface area contributed by atoms with Crippen LogP contribution in [0.25, 0.3) is 0 Å². The molecular weight excluding hydrogens is 222 g/mol. The summed E-state index contributed by atoms with van der Waals surface area (Å²) in [5, 5.41) is 3.43. The molecule has 1 fully saturated rings. The summed E-state index contributed by atoms with van der Waals surface area (Å²) in [5.74, 6) is 0. The fourth-order valence-corrected chi connectivity index (χ4v) is 2.58. The molecule has 1 aliphatic heterocycles. The summed E-state index contributed by atoms with van der Waals surface area (Å²) in [7, 11) is 2.11. The molecule has 2 atom stereocenters. The Hall–Kier alpha value is -1.32. The molecule has 1 heterocycles. The van der Waals surface area contributed by atoms with Crippen LogP contribution in [0.1, 0.15) is 12.0 Å². The Kier molecular flexibility index (Phi) is 4.39. The van der Waals surface area contributed by atoms with Crippen molar-refractivity contribution in [2.45, 2.75) is 24.9 Å². The first kappa shape index (κ1) is 13.1. The van der Waals surface area contributed by atoms with Crippen molar-refractivity contribution in [2.24, 2.45) is 5.73 Å². The van der Waals surface area contributed by atoms with Gasteiger partial charge in [0.15, 0.2) is 0 Å². The summed E-state index contributed by atoms with van der Waals surface area (Å²) in [6, 6.07) is 11.2. The van der Waals surface area contributed by atoms with E-state index in [2.05, 4.69) is 48.1 Å². The predicted octanol–water partition coefficient (Wildman–Crippen LogP) is 1.36. The normalized spacial score (nSPS) is 24.1. The van der Waals surface area contributed by atoms with Gasteiger partial charge in [-0.25, -0.2) is 0 Å². The Labute approximate surface area is 110 Å². The summed E-state index contributed by atoms with van der Waals surface area (Å²) in [4.78, 5) is 2.28. The molecule has 0 bridgehead atoms. The zero-order valence-electron chi connectivity index (χ0n) is 11.1. The van der Waals surface area contributed by atoms with Gasteiger partial charge in [0, 0.05) is 24.8 Å². The molecule has 2 unspecified atom stereocenters. The highest BCUT2D eigenvalue weighted by Gasteiger charge is 2.28. The average Bonchev–Trinajstić information content (AvgIpc) is 2.70. The number of nitrogens with zero attached hydrogens (tertiary/aromatic N) is 1. The maximum Gasteiger partial charge on any atom is 0.0501 e. The number of nitrogens with two attached hydrogens (primary N) is 1. The maximum absolute atomic E-state index is 5.96. The zero-order valence-corrected chi connectivity index (χ0v) is 11.1. The van der Waals surface area contributed by atoms with Crippen molar-refractivity contribution in [3.05, 3.63) is 48.2 Å². The lowest BCUT2D eigenvalue weighted by molar-refractivity contribution is 0.333. The molecule has 2 rings (SSSR count). The van der Waals surface area contributed by atoms with Crippen LogP contribution in [0, 0.1) is 0 Å². The highest BCUT2D eigenvalue weighted by Crippen LogP contribution is 2.18. The molecule has 1 aromatic rings. The van der Waals surface area contributed by atoms with E-state index < -0.39 is 0 Å². The van der Waals surface area contributed by atoms with E-state index in [1.165, 1.54) is 5.56 Å². The molecule has 3 heteroatoms. The van der Waals surface area contributed by atoms with Crippen molar-refractivity contribution in [1.29, 1.82) is 0 Å². The Bertz CT molecular complexity index is 388. The van der Waals surface area contributed by atoms with Gasteiger partial charge in [-0.3, -0.25) is 4.90 Å². The third-order valence-electron chi connectivity index (χ3n) is 3.59. The highest BCUT2D eigenvalue weighted by molar-refractivity contribution is 5.15. The van der Waals surface area contributed by atoms with Gasteiger partial charge in [0.2, 0.25) is 0 Å². The van der Waals surface area contributed by atoms with Crippen molar-refractivity contribution in [2.75, 3.05) is 20.1 Å². The van der Waals surface area contributed by atoms with Gasteiger partial charge >= 0.3 is 0 Å². The van der Waals surface area contributed by atoms with E-state index in [0.29, 0.717) is 6.04 Å². The second-order valence-corrected chi connectivity index (χ2v) is 5.14. The van der Waals surface area contributed by atoms with E-state index in [9.17, 15) is 0 Å². The molecule has 1 aliphatic rings. The second-order valence-electron chi connectivity index (χ2n) is 5.14. The van der Waals surface area contributed by atoms with Gasteiger partial charge < -0.3 is 11.1 Å². The minimum Gasteiger partial charge on any atom is -0.387 e. The first-order valence-corrected chi connectivity index (χ1v) is 6.59. The van der Waals surface area contributed by atoms with E-state index in [4.69, 9.17) is 5.73 Å². The lowest BCUT2D eigenvalue weighted by Crippen LogP contribution is -2.33. The monoisotopic (exact) mass is 245 g/mol. The summed E-state index contributed by atoms with van der Waals surface area (Å²) in [5.41, 5.74) is 8.42. The first-order valence-electron chi connectivity index (χ1n) is 6.59. The van der Waals surface area contributed by atoms with Crippen LogP contribution in [0.15, 0.2) is 42.6 Å². The van der Waals surface area contributed by atoms with Crippen molar-refractivity contribution in [3.8, 4) is 0 Å². The number of hydrogen-bond donors (Lipinski definition) is 2. The van der Waals surface area contributed by atoms with Gasteiger partial charge in [0.1, 0.15) is 0 Å². The van der Waals surface area contributed by atoms with Crippen LogP contribution in [0.4, 0.5) is 0 Å². The number of hydrogen-bond acceptors (Lipinski definition) is 3. The lowest BCUT2D eigenvalue weighted by atomic mass is 10.1. The summed E-state index contributed by atoms with van der Waals surface area (Å²) in [6.07, 6.45) is 2.04. The van der Waals surface area contributed by atoms with Crippen LogP contribution in [-0.4, -0.2) is 37.1 Å². The minimum absolute atomic E-state index is 0.285. The number of nitrogens with one attached hydrogen (secondary N) is 1. The molecule has 1 aromatic carbocycles. The zero-order chi connectivity index (χ0) is 13.0. The van der Waals surface area contributed by atoms with Crippen molar-refractivity contribution in [1.82, 2.24) is 10.2 Å². The summed E-state index contributed by atoms with van der Waals surface area (Å²) < 4.78 is 0. The molecule has 0 saturated carbocycles. The largest absolute Gasteiger partial charge is 0.387 e. The third-order valence-corrected chi connectivity index (χ3v) is 3.59. The van der Waals surface area contributed by atoms with E-state index in [1.807, 2.05) is 6.07 Å². The fourth-order valence-electron chi connectivity index (χ4n) is 2.58. The standard InChI is InChI=1S/C15H23N3/c1-12(15-10-14(16)11-18(15)2)17-9-8-13-6-4-3-5-7-13/h3-7,14-15,17H,1,8-11,16H2,2H3. The van der Waals surface area contributed by atoms with E-state index in [-0.39, 0.29) is 6.04 Å². The van der Waals surface area contributed by atoms with Crippen LogP contribution in [0.2, 0.25) is 0 Å². The van der Waals surface area contributed by atoms with Crippen molar-refractivity contribution < 1.29 is 0 Å². The summed E-state index contributed by atoms with van der Waals surface area (Å²) in [6.45, 7) is 6.04. The number of rotatable bonds is 5. The van der Waals surface area contributed by atoms with E-state index >= 15 is 0 Å². The van der Waals surface area contributed by atoms with Crippen LogP contribution < -0.4 is 11.1 Å². The number of benzene rings is 1. The maximum atomic E-state index is 5.96. The van der Waals surface area contributed by atoms with Gasteiger partial charge in [-0.1, -0.05) is 36.9 Å². The molecule has 0 amide bonds. The molecule has 0 aliphatic carbocycles. The fraction of sp³-hybridized carbons (Fsp3) is 0.467. The predicted molar refractivity (Wildman–Crippen MR) is 76.3 cm³/mol. The molecule has 98 valence electrons. The topological polar surface area (TPSA) is 41.3 Å². The smallest absolute Gasteiger partial charge is 0.0501 e. The molecule has 0 aromatic heterocycles. The third kappa shape index (κ3) is 3.34. The van der Waals surface area contributed by atoms with Crippen LogP contribution in [-0.2, 0) is 6.42 Å². The lowest BCUT2D eigenvalue weighted by Gasteiger charge is -2.22. The van der Waals surface area contributed by atoms with Gasteiger partial charge in [0.25, 0.3) is 0 Å². The molecule has 3 N–H and O–H groups in total. The number of likely N-dealkylation sites (tertiary alicyclic amines) is 1. The van der Waals surface area contributed by atoms with E-state index in [0.717, 1.165) is 31.6 Å². The first-order chi connectivity index (χ1) is 8.66. The summed E-state index contributed by atoms with van der Waals surface area (Å²) >= 11 is 0. The molecule has 1 saturated heterocycles. The SMILES string of the molecule is C=C(NCCc1ccccc1)C1CC(N)CN1C. The average molecular weight is 245 g/mol. The Balaban J connectivity index is 1.75. The molecule has 18 heavy (non-hydrogen) atoms. The Morgan fingerprint density at radius 3 is 2.78 bits per heavy atom. The molecule has 3 nitrogen and oxygen atoms in total. The highest BCUT2D eigenvalue weighted by atomic mass is 15.2. The molecule has 0 spiro atoms. The Morgan fingerprint density at radius 1 is 1.44 bits per heavy atom. The molecular formula is C15H23N3. The van der Waals surface area contributed by atoms with Gasteiger partial charge in [-0.15, -0.1) is 0 Å². The van der Waals surface area contributed by atoms with Crippen LogP contribution in [0.3, 0.4) is 0 Å².